The molecule has 0 fully saturated rings. The summed E-state index contributed by atoms with van der Waals surface area (Å²) < 4.78 is 5.90. The molecular formula is C27H23NO3. The summed E-state index contributed by atoms with van der Waals surface area (Å²) in [6.07, 6.45) is 4.52. The molecule has 0 atom stereocenters. The Bertz CT molecular complexity index is 1210. The molecule has 154 valence electrons. The molecule has 3 aromatic carbocycles. The quantitative estimate of drug-likeness (QED) is 0.380. The van der Waals surface area contributed by atoms with Gasteiger partial charge in [0.1, 0.15) is 12.4 Å². The van der Waals surface area contributed by atoms with Crippen molar-refractivity contribution in [1.29, 1.82) is 0 Å². The number of benzene rings is 3. The van der Waals surface area contributed by atoms with Crippen molar-refractivity contribution in [3.63, 3.8) is 0 Å². The van der Waals surface area contributed by atoms with Crippen molar-refractivity contribution in [2.45, 2.75) is 19.4 Å². The van der Waals surface area contributed by atoms with Crippen LogP contribution in [0, 0.1) is 0 Å². The van der Waals surface area contributed by atoms with Crippen molar-refractivity contribution in [2.24, 2.45) is 0 Å². The predicted molar refractivity (Wildman–Crippen MR) is 123 cm³/mol. The Morgan fingerprint density at radius 3 is 2.48 bits per heavy atom. The average molecular weight is 409 g/mol. The van der Waals surface area contributed by atoms with Crippen molar-refractivity contribution >= 4 is 22.9 Å². The van der Waals surface area contributed by atoms with Crippen LogP contribution in [0.15, 0.2) is 91.0 Å². The van der Waals surface area contributed by atoms with Gasteiger partial charge in [-0.15, -0.1) is 0 Å². The van der Waals surface area contributed by atoms with Gasteiger partial charge in [0.2, 0.25) is 0 Å². The van der Waals surface area contributed by atoms with Crippen molar-refractivity contribution in [3.05, 3.63) is 113 Å². The highest BCUT2D eigenvalue weighted by atomic mass is 16.5. The first-order valence-corrected chi connectivity index (χ1v) is 10.2. The number of pyridine rings is 1. The smallest absolute Gasteiger partial charge is 0.328 e. The molecule has 4 aromatic rings. The van der Waals surface area contributed by atoms with Crippen LogP contribution < -0.4 is 4.74 Å². The highest BCUT2D eigenvalue weighted by Gasteiger charge is 2.03. The largest absolute Gasteiger partial charge is 0.487 e. The van der Waals surface area contributed by atoms with Gasteiger partial charge in [-0.1, -0.05) is 60.7 Å². The Morgan fingerprint density at radius 1 is 0.871 bits per heavy atom. The van der Waals surface area contributed by atoms with Crippen LogP contribution in [0.4, 0.5) is 0 Å². The zero-order valence-corrected chi connectivity index (χ0v) is 17.1. The second-order valence-electron chi connectivity index (χ2n) is 7.30. The maximum Gasteiger partial charge on any atom is 0.328 e. The molecule has 1 N–H and O–H groups in total. The van der Waals surface area contributed by atoms with Crippen molar-refractivity contribution in [1.82, 2.24) is 4.98 Å². The fourth-order valence-corrected chi connectivity index (χ4v) is 3.46. The second-order valence-corrected chi connectivity index (χ2v) is 7.30. The van der Waals surface area contributed by atoms with Crippen molar-refractivity contribution in [2.75, 3.05) is 0 Å². The molecular weight excluding hydrogens is 386 g/mol. The number of hydrogen-bond donors (Lipinski definition) is 1. The summed E-state index contributed by atoms with van der Waals surface area (Å²) in [5.74, 6) is -0.132. The number of ether oxygens (including phenoxy) is 1. The summed E-state index contributed by atoms with van der Waals surface area (Å²) in [4.78, 5) is 15.4. The zero-order chi connectivity index (χ0) is 21.5. The second kappa shape index (κ2) is 9.72. The topological polar surface area (TPSA) is 59.4 Å². The summed E-state index contributed by atoms with van der Waals surface area (Å²) >= 11 is 0. The van der Waals surface area contributed by atoms with Gasteiger partial charge >= 0.3 is 5.97 Å². The van der Waals surface area contributed by atoms with Gasteiger partial charge in [0.05, 0.1) is 11.2 Å². The third-order valence-corrected chi connectivity index (χ3v) is 5.11. The Morgan fingerprint density at radius 2 is 1.65 bits per heavy atom. The number of aliphatic carboxylic acids is 1. The lowest BCUT2D eigenvalue weighted by Gasteiger charge is -2.09. The van der Waals surface area contributed by atoms with Gasteiger partial charge in [-0.2, -0.15) is 0 Å². The molecule has 0 saturated carbocycles. The van der Waals surface area contributed by atoms with E-state index in [1.54, 1.807) is 6.08 Å². The first-order valence-electron chi connectivity index (χ1n) is 10.2. The number of rotatable bonds is 8. The Labute approximate surface area is 181 Å². The summed E-state index contributed by atoms with van der Waals surface area (Å²) in [7, 11) is 0. The van der Waals surface area contributed by atoms with Gasteiger partial charge in [-0.25, -0.2) is 9.78 Å². The normalized spacial score (nSPS) is 11.1. The van der Waals surface area contributed by atoms with E-state index in [1.165, 1.54) is 11.6 Å². The third kappa shape index (κ3) is 5.58. The minimum atomic E-state index is -0.940. The molecule has 0 saturated heterocycles. The standard InChI is InChI=1S/C27H23NO3/c29-27(30)18-14-22-6-2-1-5-21(22)12-9-20-10-16-25(17-11-20)31-19-24-15-13-23-7-3-4-8-26(23)28-24/h1-8,10-11,13-18H,9,12,19H2,(H,29,30)/b18-14+. The van der Waals surface area contributed by atoms with Crippen molar-refractivity contribution < 1.29 is 14.6 Å². The van der Waals surface area contributed by atoms with E-state index in [9.17, 15) is 4.79 Å². The Kier molecular flexibility index (Phi) is 6.38. The van der Waals surface area contributed by atoms with E-state index in [2.05, 4.69) is 23.2 Å². The molecule has 0 amide bonds. The van der Waals surface area contributed by atoms with Crippen LogP contribution in [0.3, 0.4) is 0 Å². The lowest BCUT2D eigenvalue weighted by molar-refractivity contribution is -0.131. The molecule has 0 aliphatic heterocycles. The van der Waals surface area contributed by atoms with Crippen LogP contribution in [0.5, 0.6) is 5.75 Å². The highest BCUT2D eigenvalue weighted by Crippen LogP contribution is 2.18. The number of fused-ring (bicyclic) bond motifs is 1. The van der Waals surface area contributed by atoms with E-state index < -0.39 is 5.97 Å². The minimum absolute atomic E-state index is 0.424. The summed E-state index contributed by atoms with van der Waals surface area (Å²) in [6.45, 7) is 0.424. The molecule has 4 nitrogen and oxygen atoms in total. The van der Waals surface area contributed by atoms with E-state index in [-0.39, 0.29) is 0 Å². The van der Waals surface area contributed by atoms with Gasteiger partial charge in [0.25, 0.3) is 0 Å². The third-order valence-electron chi connectivity index (χ3n) is 5.11. The van der Waals surface area contributed by atoms with Gasteiger partial charge in [0, 0.05) is 11.5 Å². The maximum atomic E-state index is 10.8. The van der Waals surface area contributed by atoms with Crippen molar-refractivity contribution in [3.8, 4) is 5.75 Å². The fraction of sp³-hybridized carbons (Fsp3) is 0.111. The number of aryl methyl sites for hydroxylation is 2. The van der Waals surface area contributed by atoms with Crippen LogP contribution in [-0.2, 0) is 24.2 Å². The lowest BCUT2D eigenvalue weighted by atomic mass is 9.99. The van der Waals surface area contributed by atoms with Crippen LogP contribution in [0.25, 0.3) is 17.0 Å². The Hall–Kier alpha value is -3.92. The first-order chi connectivity index (χ1) is 15.2. The predicted octanol–water partition coefficient (Wildman–Crippen LogP) is 5.70. The van der Waals surface area contributed by atoms with Crippen LogP contribution in [0.2, 0.25) is 0 Å². The lowest BCUT2D eigenvalue weighted by Crippen LogP contribution is -1.99. The molecule has 4 heteroatoms. The number of nitrogens with zero attached hydrogens (tertiary/aromatic N) is 1. The SMILES string of the molecule is O=C(O)/C=C/c1ccccc1CCc1ccc(OCc2ccc3ccccc3n2)cc1. The number of carbonyl (C=O) groups is 1. The Balaban J connectivity index is 1.35. The highest BCUT2D eigenvalue weighted by molar-refractivity contribution is 5.85. The van der Waals surface area contributed by atoms with E-state index in [4.69, 9.17) is 9.84 Å². The molecule has 0 aliphatic rings. The first kappa shape index (κ1) is 20.4. The van der Waals surface area contributed by atoms with E-state index in [0.29, 0.717) is 6.61 Å². The molecule has 31 heavy (non-hydrogen) atoms. The van der Waals surface area contributed by atoms with Crippen LogP contribution in [-0.4, -0.2) is 16.1 Å². The van der Waals surface area contributed by atoms with Gasteiger partial charge in [-0.05, 0) is 59.9 Å². The minimum Gasteiger partial charge on any atom is -0.487 e. The molecule has 4 rings (SSSR count). The monoisotopic (exact) mass is 409 g/mol. The number of aromatic nitrogens is 1. The molecule has 0 radical (unpaired) electrons. The summed E-state index contributed by atoms with van der Waals surface area (Å²) in [6, 6.07) is 28.1. The van der Waals surface area contributed by atoms with E-state index in [0.717, 1.165) is 46.3 Å². The molecule has 0 aliphatic carbocycles. The summed E-state index contributed by atoms with van der Waals surface area (Å²) in [5, 5.41) is 9.98. The number of carboxylic acids is 1. The zero-order valence-electron chi connectivity index (χ0n) is 17.1. The molecule has 0 unspecified atom stereocenters. The molecule has 0 bridgehead atoms. The average Bonchev–Trinajstić information content (AvgIpc) is 2.81. The molecule has 1 aromatic heterocycles. The van der Waals surface area contributed by atoms with E-state index in [1.807, 2.05) is 66.7 Å². The number of para-hydroxylation sites is 1. The fourth-order valence-electron chi connectivity index (χ4n) is 3.46. The van der Waals surface area contributed by atoms with Gasteiger partial charge < -0.3 is 9.84 Å². The van der Waals surface area contributed by atoms with Gasteiger partial charge in [-0.3, -0.25) is 0 Å². The summed E-state index contributed by atoms with van der Waals surface area (Å²) in [5.41, 5.74) is 5.13. The van der Waals surface area contributed by atoms with E-state index >= 15 is 0 Å². The molecule has 1 heterocycles. The molecule has 0 spiro atoms. The maximum absolute atomic E-state index is 10.8. The van der Waals surface area contributed by atoms with Gasteiger partial charge in [0.15, 0.2) is 0 Å². The van der Waals surface area contributed by atoms with Crippen LogP contribution >= 0.6 is 0 Å². The van der Waals surface area contributed by atoms with Crippen LogP contribution in [0.1, 0.15) is 22.4 Å². The number of carboxylic acid groups (broad SMARTS) is 1. The number of hydrogen-bond acceptors (Lipinski definition) is 3.